The molecule has 0 heterocycles. The van der Waals surface area contributed by atoms with Gasteiger partial charge in [0, 0.05) is 11.8 Å². The first-order chi connectivity index (χ1) is 7.11. The zero-order valence-electron chi connectivity index (χ0n) is 8.18. The molecule has 1 rings (SSSR count). The Morgan fingerprint density at radius 1 is 1.25 bits per heavy atom. The Balaban J connectivity index is 3.25. The maximum Gasteiger partial charge on any atom is 0.419 e. The summed E-state index contributed by atoms with van der Waals surface area (Å²) in [6, 6.07) is 2.57. The summed E-state index contributed by atoms with van der Waals surface area (Å²) in [6.07, 6.45) is -4.00. The van der Waals surface area contributed by atoms with Gasteiger partial charge < -0.3 is 0 Å². The van der Waals surface area contributed by atoms with Gasteiger partial charge in [0.1, 0.15) is 5.82 Å². The van der Waals surface area contributed by atoms with Crippen molar-refractivity contribution in [2.24, 2.45) is 0 Å². The summed E-state index contributed by atoms with van der Waals surface area (Å²) < 4.78 is 71.9. The molecule has 0 spiro atoms. The van der Waals surface area contributed by atoms with E-state index < -0.39 is 38.7 Å². The van der Waals surface area contributed by atoms with Crippen molar-refractivity contribution in [2.75, 3.05) is 6.26 Å². The highest BCUT2D eigenvalue weighted by Gasteiger charge is 2.34. The number of hydrogen-bond donors (Lipinski definition) is 0. The molecule has 0 atom stereocenters. The molecule has 1 aromatic rings. The smallest absolute Gasteiger partial charge is 0.229 e. The molecule has 2 nitrogen and oxygen atoms in total. The van der Waals surface area contributed by atoms with Crippen molar-refractivity contribution in [1.82, 2.24) is 0 Å². The monoisotopic (exact) mass is 256 g/mol. The van der Waals surface area contributed by atoms with Crippen LogP contribution in [0.5, 0.6) is 0 Å². The van der Waals surface area contributed by atoms with Crippen LogP contribution in [0.15, 0.2) is 18.2 Å². The molecule has 0 radical (unpaired) electrons. The van der Waals surface area contributed by atoms with E-state index in [1.807, 2.05) is 0 Å². The van der Waals surface area contributed by atoms with Crippen LogP contribution in [0.2, 0.25) is 0 Å². The zero-order chi connectivity index (χ0) is 12.6. The van der Waals surface area contributed by atoms with Crippen LogP contribution >= 0.6 is 0 Å². The van der Waals surface area contributed by atoms with Crippen molar-refractivity contribution in [3.05, 3.63) is 35.1 Å². The second-order valence-corrected chi connectivity index (χ2v) is 5.49. The SMILES string of the molecule is CS(=O)(=O)Cc1cccc(C(F)(F)F)c1F. The average molecular weight is 256 g/mol. The molecular formula is C9H8F4O2S. The highest BCUT2D eigenvalue weighted by molar-refractivity contribution is 7.89. The minimum absolute atomic E-state index is 0.475. The molecule has 0 aromatic heterocycles. The molecule has 0 bridgehead atoms. The third kappa shape index (κ3) is 3.19. The molecule has 0 amide bonds. The van der Waals surface area contributed by atoms with Gasteiger partial charge in [-0.25, -0.2) is 12.8 Å². The molecular weight excluding hydrogens is 248 g/mol. The van der Waals surface area contributed by atoms with Crippen molar-refractivity contribution in [3.8, 4) is 0 Å². The van der Waals surface area contributed by atoms with E-state index in [9.17, 15) is 26.0 Å². The van der Waals surface area contributed by atoms with Gasteiger partial charge in [-0.15, -0.1) is 0 Å². The van der Waals surface area contributed by atoms with Gasteiger partial charge in [-0.3, -0.25) is 0 Å². The van der Waals surface area contributed by atoms with E-state index >= 15 is 0 Å². The summed E-state index contributed by atoms with van der Waals surface area (Å²) in [6.45, 7) is 0. The van der Waals surface area contributed by atoms with E-state index in [0.717, 1.165) is 18.4 Å². The molecule has 0 aliphatic rings. The molecule has 16 heavy (non-hydrogen) atoms. The van der Waals surface area contributed by atoms with Gasteiger partial charge in [0.15, 0.2) is 9.84 Å². The van der Waals surface area contributed by atoms with Crippen LogP contribution in [0.3, 0.4) is 0 Å². The summed E-state index contributed by atoms with van der Waals surface area (Å²) >= 11 is 0. The maximum atomic E-state index is 13.3. The molecule has 0 fully saturated rings. The highest BCUT2D eigenvalue weighted by atomic mass is 32.2. The van der Waals surface area contributed by atoms with Crippen molar-refractivity contribution in [1.29, 1.82) is 0 Å². The Morgan fingerprint density at radius 3 is 2.25 bits per heavy atom. The first-order valence-corrected chi connectivity index (χ1v) is 6.19. The zero-order valence-corrected chi connectivity index (χ0v) is 8.99. The molecule has 0 unspecified atom stereocenters. The quantitative estimate of drug-likeness (QED) is 0.761. The summed E-state index contributed by atoms with van der Waals surface area (Å²) in [5.41, 5.74) is -1.93. The van der Waals surface area contributed by atoms with E-state index in [1.54, 1.807) is 0 Å². The van der Waals surface area contributed by atoms with Gasteiger partial charge in [-0.2, -0.15) is 13.2 Å². The standard InChI is InChI=1S/C9H8F4O2S/c1-16(14,15)5-6-3-2-4-7(8(6)10)9(11,12)13/h2-4H,5H2,1H3. The van der Waals surface area contributed by atoms with Crippen molar-refractivity contribution in [3.63, 3.8) is 0 Å². The number of hydrogen-bond acceptors (Lipinski definition) is 2. The van der Waals surface area contributed by atoms with Crippen LogP contribution in [0.4, 0.5) is 17.6 Å². The third-order valence-electron chi connectivity index (χ3n) is 1.80. The molecule has 0 aliphatic carbocycles. The predicted molar refractivity (Wildman–Crippen MR) is 49.9 cm³/mol. The van der Waals surface area contributed by atoms with E-state index in [2.05, 4.69) is 0 Å². The van der Waals surface area contributed by atoms with Gasteiger partial charge in [-0.05, 0) is 6.07 Å². The number of benzene rings is 1. The van der Waals surface area contributed by atoms with Gasteiger partial charge in [0.25, 0.3) is 0 Å². The van der Waals surface area contributed by atoms with Crippen LogP contribution in [0, 0.1) is 5.82 Å². The summed E-state index contributed by atoms with van der Waals surface area (Å²) in [5, 5.41) is 0. The fourth-order valence-corrected chi connectivity index (χ4v) is 1.98. The van der Waals surface area contributed by atoms with Crippen molar-refractivity contribution in [2.45, 2.75) is 11.9 Å². The van der Waals surface area contributed by atoms with Gasteiger partial charge in [0.2, 0.25) is 0 Å². The minimum atomic E-state index is -4.82. The van der Waals surface area contributed by atoms with Crippen LogP contribution in [0.1, 0.15) is 11.1 Å². The second kappa shape index (κ2) is 4.04. The van der Waals surface area contributed by atoms with E-state index in [0.29, 0.717) is 6.07 Å². The van der Waals surface area contributed by atoms with E-state index in [4.69, 9.17) is 0 Å². The largest absolute Gasteiger partial charge is 0.419 e. The first kappa shape index (κ1) is 13.0. The van der Waals surface area contributed by atoms with Gasteiger partial charge in [0.05, 0.1) is 11.3 Å². The number of alkyl halides is 3. The molecule has 0 saturated carbocycles. The lowest BCUT2D eigenvalue weighted by Crippen LogP contribution is -2.11. The Bertz CT molecular complexity index is 491. The van der Waals surface area contributed by atoms with Crippen LogP contribution < -0.4 is 0 Å². The summed E-state index contributed by atoms with van der Waals surface area (Å²) in [5.74, 6) is -2.27. The molecule has 1 aromatic carbocycles. The van der Waals surface area contributed by atoms with Crippen LogP contribution in [0.25, 0.3) is 0 Å². The van der Waals surface area contributed by atoms with Crippen molar-refractivity contribution >= 4 is 9.84 Å². The molecule has 0 aliphatic heterocycles. The number of rotatable bonds is 2. The third-order valence-corrected chi connectivity index (χ3v) is 2.64. The van der Waals surface area contributed by atoms with E-state index in [1.165, 1.54) is 0 Å². The maximum absolute atomic E-state index is 13.3. The predicted octanol–water partition coefficient (Wildman–Crippen LogP) is 2.39. The Labute approximate surface area is 89.8 Å². The normalized spacial score (nSPS) is 12.8. The molecule has 7 heteroatoms. The number of halogens is 4. The highest BCUT2D eigenvalue weighted by Crippen LogP contribution is 2.32. The molecule has 0 N–H and O–H groups in total. The lowest BCUT2D eigenvalue weighted by atomic mass is 10.1. The van der Waals surface area contributed by atoms with Gasteiger partial charge in [-0.1, -0.05) is 12.1 Å². The average Bonchev–Trinajstić information content (AvgIpc) is 2.04. The minimum Gasteiger partial charge on any atom is -0.229 e. The fraction of sp³-hybridized carbons (Fsp3) is 0.333. The second-order valence-electron chi connectivity index (χ2n) is 3.35. The van der Waals surface area contributed by atoms with Crippen LogP contribution in [-0.4, -0.2) is 14.7 Å². The topological polar surface area (TPSA) is 34.1 Å². The Kier molecular flexibility index (Phi) is 3.27. The molecule has 90 valence electrons. The van der Waals surface area contributed by atoms with E-state index in [-0.39, 0.29) is 0 Å². The first-order valence-electron chi connectivity index (χ1n) is 4.13. The summed E-state index contributed by atoms with van der Waals surface area (Å²) in [7, 11) is -3.57. The van der Waals surface area contributed by atoms with Crippen LogP contribution in [-0.2, 0) is 21.8 Å². The Morgan fingerprint density at radius 2 is 1.81 bits per heavy atom. The van der Waals surface area contributed by atoms with Gasteiger partial charge >= 0.3 is 6.18 Å². The lowest BCUT2D eigenvalue weighted by Gasteiger charge is -2.10. The molecule has 0 saturated heterocycles. The number of sulfone groups is 1. The fourth-order valence-electron chi connectivity index (χ4n) is 1.19. The Hall–Kier alpha value is -1.11. The van der Waals surface area contributed by atoms with Crippen molar-refractivity contribution < 1.29 is 26.0 Å². The summed E-state index contributed by atoms with van der Waals surface area (Å²) in [4.78, 5) is 0. The lowest BCUT2D eigenvalue weighted by molar-refractivity contribution is -0.140.